The van der Waals surface area contributed by atoms with Gasteiger partial charge in [0.15, 0.2) is 0 Å². The molecule has 0 aliphatic rings. The highest BCUT2D eigenvalue weighted by Crippen LogP contribution is 2.12. The number of ketones is 1. The molecule has 0 radical (unpaired) electrons. The summed E-state index contributed by atoms with van der Waals surface area (Å²) in [5.41, 5.74) is 0.894. The number of methoxy groups -OCH3 is 1. The summed E-state index contributed by atoms with van der Waals surface area (Å²) in [6, 6.07) is 7.27. The Balaban J connectivity index is 2.43. The summed E-state index contributed by atoms with van der Waals surface area (Å²) in [7, 11) is 1.29. The van der Waals surface area contributed by atoms with Crippen LogP contribution in [0.3, 0.4) is 0 Å². The molecule has 0 aliphatic heterocycles. The summed E-state index contributed by atoms with van der Waals surface area (Å²) in [5, 5.41) is 0.679. The van der Waals surface area contributed by atoms with E-state index in [1.165, 1.54) is 14.0 Å². The van der Waals surface area contributed by atoms with E-state index in [0.717, 1.165) is 5.56 Å². The Bertz CT molecular complexity index is 523. The molecule has 0 aliphatic carbocycles. The van der Waals surface area contributed by atoms with Crippen LogP contribution in [0.4, 0.5) is 0 Å². The number of benzene rings is 1. The van der Waals surface area contributed by atoms with Crippen LogP contribution >= 0.6 is 11.6 Å². The summed E-state index contributed by atoms with van der Waals surface area (Å²) >= 11 is 5.78. The third kappa shape index (κ3) is 5.46. The number of unbranched alkanes of at least 4 members (excludes halogenated alkanes) is 1. The van der Waals surface area contributed by atoms with E-state index in [-0.39, 0.29) is 5.78 Å². The van der Waals surface area contributed by atoms with Crippen molar-refractivity contribution in [3.05, 3.63) is 34.9 Å². The van der Waals surface area contributed by atoms with Crippen LogP contribution in [0.15, 0.2) is 24.3 Å². The maximum atomic E-state index is 11.4. The van der Waals surface area contributed by atoms with Crippen molar-refractivity contribution in [2.75, 3.05) is 7.11 Å². The number of hydrogen-bond donors (Lipinski definition) is 0. The SMILES string of the molecule is COC(=O)C(CCCC#Cc1ccc(Cl)cc1)C(C)=O. The van der Waals surface area contributed by atoms with E-state index in [0.29, 0.717) is 24.3 Å². The van der Waals surface area contributed by atoms with Crippen LogP contribution in [-0.2, 0) is 14.3 Å². The third-order valence-corrected chi connectivity index (χ3v) is 3.10. The van der Waals surface area contributed by atoms with Gasteiger partial charge in [-0.05, 0) is 44.0 Å². The number of halogens is 1. The molecule has 0 saturated heterocycles. The van der Waals surface area contributed by atoms with E-state index in [1.54, 1.807) is 12.1 Å². The van der Waals surface area contributed by atoms with E-state index in [1.807, 2.05) is 12.1 Å². The average Bonchev–Trinajstić information content (AvgIpc) is 2.43. The van der Waals surface area contributed by atoms with Crippen LogP contribution in [0.25, 0.3) is 0 Å². The lowest BCUT2D eigenvalue weighted by Crippen LogP contribution is -2.23. The molecule has 20 heavy (non-hydrogen) atoms. The van der Waals surface area contributed by atoms with Gasteiger partial charge in [-0.2, -0.15) is 0 Å². The van der Waals surface area contributed by atoms with Crippen LogP contribution in [-0.4, -0.2) is 18.9 Å². The van der Waals surface area contributed by atoms with Crippen LogP contribution in [0, 0.1) is 17.8 Å². The van der Waals surface area contributed by atoms with E-state index < -0.39 is 11.9 Å². The Kier molecular flexibility index (Phi) is 6.83. The molecule has 0 heterocycles. The normalized spacial score (nSPS) is 11.2. The number of hydrogen-bond acceptors (Lipinski definition) is 3. The van der Waals surface area contributed by atoms with Gasteiger partial charge in [0, 0.05) is 17.0 Å². The van der Waals surface area contributed by atoms with E-state index in [9.17, 15) is 9.59 Å². The number of esters is 1. The summed E-state index contributed by atoms with van der Waals surface area (Å²) < 4.78 is 4.60. The van der Waals surface area contributed by atoms with Crippen molar-refractivity contribution in [2.45, 2.75) is 26.2 Å². The lowest BCUT2D eigenvalue weighted by atomic mass is 9.98. The van der Waals surface area contributed by atoms with Gasteiger partial charge in [-0.1, -0.05) is 23.4 Å². The highest BCUT2D eigenvalue weighted by atomic mass is 35.5. The van der Waals surface area contributed by atoms with Crippen molar-refractivity contribution in [3.63, 3.8) is 0 Å². The fourth-order valence-electron chi connectivity index (χ4n) is 1.72. The Labute approximate surface area is 124 Å². The predicted molar refractivity (Wildman–Crippen MR) is 78.4 cm³/mol. The van der Waals surface area contributed by atoms with Crippen LogP contribution in [0.5, 0.6) is 0 Å². The zero-order chi connectivity index (χ0) is 15.0. The van der Waals surface area contributed by atoms with Crippen LogP contribution < -0.4 is 0 Å². The Morgan fingerprint density at radius 2 is 1.95 bits per heavy atom. The van der Waals surface area contributed by atoms with E-state index in [2.05, 4.69) is 16.6 Å². The first-order valence-electron chi connectivity index (χ1n) is 6.37. The maximum Gasteiger partial charge on any atom is 0.316 e. The van der Waals surface area contributed by atoms with E-state index >= 15 is 0 Å². The molecule has 0 fully saturated rings. The monoisotopic (exact) mass is 292 g/mol. The van der Waals surface area contributed by atoms with E-state index in [4.69, 9.17) is 11.6 Å². The molecule has 0 amide bonds. The highest BCUT2D eigenvalue weighted by Gasteiger charge is 2.22. The standard InChI is InChI=1S/C16H17ClO3/c1-12(18)15(16(19)20-2)7-5-3-4-6-13-8-10-14(17)11-9-13/h8-11,15H,3,5,7H2,1-2H3. The van der Waals surface area contributed by atoms with Crippen molar-refractivity contribution in [1.29, 1.82) is 0 Å². The lowest BCUT2D eigenvalue weighted by molar-refractivity contribution is -0.149. The fourth-order valence-corrected chi connectivity index (χ4v) is 1.85. The molecule has 0 N–H and O–H groups in total. The van der Waals surface area contributed by atoms with Crippen molar-refractivity contribution in [3.8, 4) is 11.8 Å². The number of carbonyl (C=O) groups excluding carboxylic acids is 2. The Morgan fingerprint density at radius 1 is 1.30 bits per heavy atom. The van der Waals surface area contributed by atoms with Crippen LogP contribution in [0.1, 0.15) is 31.7 Å². The Morgan fingerprint density at radius 3 is 2.50 bits per heavy atom. The molecule has 1 aromatic rings. The molecule has 0 saturated carbocycles. The summed E-state index contributed by atoms with van der Waals surface area (Å²) in [6.45, 7) is 1.40. The predicted octanol–water partition coefficient (Wildman–Crippen LogP) is 3.24. The molecule has 106 valence electrons. The van der Waals surface area contributed by atoms with Gasteiger partial charge in [0.1, 0.15) is 11.7 Å². The molecule has 0 aromatic heterocycles. The first-order chi connectivity index (χ1) is 9.54. The molecule has 1 aromatic carbocycles. The molecular formula is C16H17ClO3. The van der Waals surface area contributed by atoms with Gasteiger partial charge >= 0.3 is 5.97 Å². The summed E-state index contributed by atoms with van der Waals surface area (Å²) in [4.78, 5) is 22.7. The van der Waals surface area contributed by atoms with Gasteiger partial charge < -0.3 is 4.74 Å². The number of carbonyl (C=O) groups is 2. The van der Waals surface area contributed by atoms with Gasteiger partial charge in [0.05, 0.1) is 7.11 Å². The number of ether oxygens (including phenoxy) is 1. The quantitative estimate of drug-likeness (QED) is 0.362. The topological polar surface area (TPSA) is 43.4 Å². The van der Waals surface area contributed by atoms with Gasteiger partial charge in [-0.3, -0.25) is 9.59 Å². The van der Waals surface area contributed by atoms with Crippen molar-refractivity contribution >= 4 is 23.4 Å². The zero-order valence-electron chi connectivity index (χ0n) is 11.6. The summed E-state index contributed by atoms with van der Waals surface area (Å²) in [5.74, 6) is 4.72. The third-order valence-electron chi connectivity index (χ3n) is 2.85. The van der Waals surface area contributed by atoms with Crippen molar-refractivity contribution < 1.29 is 14.3 Å². The minimum atomic E-state index is -0.669. The van der Waals surface area contributed by atoms with Gasteiger partial charge in [0.25, 0.3) is 0 Å². The van der Waals surface area contributed by atoms with Crippen molar-refractivity contribution in [2.24, 2.45) is 5.92 Å². The minimum Gasteiger partial charge on any atom is -0.468 e. The van der Waals surface area contributed by atoms with Gasteiger partial charge in [-0.25, -0.2) is 0 Å². The largest absolute Gasteiger partial charge is 0.468 e. The molecule has 1 rings (SSSR count). The number of Topliss-reactive ketones (excluding diaryl/α,β-unsaturated/α-hetero) is 1. The first kappa shape index (κ1) is 16.3. The average molecular weight is 293 g/mol. The van der Waals surface area contributed by atoms with Gasteiger partial charge in [0.2, 0.25) is 0 Å². The zero-order valence-corrected chi connectivity index (χ0v) is 12.4. The number of rotatable bonds is 5. The molecule has 4 heteroatoms. The Hall–Kier alpha value is -1.79. The fraction of sp³-hybridized carbons (Fsp3) is 0.375. The summed E-state index contributed by atoms with van der Waals surface area (Å²) in [6.07, 6.45) is 1.78. The maximum absolute atomic E-state index is 11.4. The lowest BCUT2D eigenvalue weighted by Gasteiger charge is -2.09. The molecule has 1 unspecified atom stereocenters. The molecule has 1 atom stereocenters. The van der Waals surface area contributed by atoms with Crippen LogP contribution in [0.2, 0.25) is 5.02 Å². The second-order valence-electron chi connectivity index (χ2n) is 4.39. The molecule has 0 bridgehead atoms. The second-order valence-corrected chi connectivity index (χ2v) is 4.82. The molecule has 3 nitrogen and oxygen atoms in total. The smallest absolute Gasteiger partial charge is 0.316 e. The molecular weight excluding hydrogens is 276 g/mol. The molecule has 0 spiro atoms. The van der Waals surface area contributed by atoms with Crippen molar-refractivity contribution in [1.82, 2.24) is 0 Å². The first-order valence-corrected chi connectivity index (χ1v) is 6.75. The highest BCUT2D eigenvalue weighted by molar-refractivity contribution is 6.30. The second kappa shape index (κ2) is 8.39. The minimum absolute atomic E-state index is 0.164. The van der Waals surface area contributed by atoms with Gasteiger partial charge in [-0.15, -0.1) is 0 Å².